The lowest BCUT2D eigenvalue weighted by atomic mass is 9.73. The van der Waals surface area contributed by atoms with E-state index in [0.29, 0.717) is 13.2 Å². The van der Waals surface area contributed by atoms with Crippen molar-refractivity contribution in [3.05, 3.63) is 22.4 Å². The first-order valence-electron chi connectivity index (χ1n) is 9.19. The number of guanidine groups is 1. The van der Waals surface area contributed by atoms with Gasteiger partial charge >= 0.3 is 0 Å². The number of hydrogen-bond donors (Lipinski definition) is 2. The molecule has 1 aromatic rings. The number of hydrogen-bond acceptors (Lipinski definition) is 5. The molecule has 0 spiro atoms. The molecule has 0 aliphatic heterocycles. The van der Waals surface area contributed by atoms with E-state index in [9.17, 15) is 8.42 Å². The van der Waals surface area contributed by atoms with Crippen LogP contribution >= 0.6 is 11.3 Å². The van der Waals surface area contributed by atoms with Crippen LogP contribution in [0, 0.1) is 0 Å². The van der Waals surface area contributed by atoms with Gasteiger partial charge in [0.25, 0.3) is 0 Å². The lowest BCUT2D eigenvalue weighted by Gasteiger charge is -2.37. The van der Waals surface area contributed by atoms with E-state index in [4.69, 9.17) is 4.74 Å². The molecule has 1 fully saturated rings. The van der Waals surface area contributed by atoms with E-state index in [1.54, 1.807) is 7.05 Å². The van der Waals surface area contributed by atoms with Gasteiger partial charge in [0.1, 0.15) is 9.84 Å². The molecule has 1 heterocycles. The second kappa shape index (κ2) is 10.3. The van der Waals surface area contributed by atoms with Crippen molar-refractivity contribution in [2.24, 2.45) is 4.99 Å². The first-order chi connectivity index (χ1) is 12.5. The Hall–Kier alpha value is -1.12. The maximum Gasteiger partial charge on any atom is 0.191 e. The largest absolute Gasteiger partial charge is 0.379 e. The van der Waals surface area contributed by atoms with Gasteiger partial charge in [0, 0.05) is 36.7 Å². The molecule has 0 saturated heterocycles. The van der Waals surface area contributed by atoms with Gasteiger partial charge < -0.3 is 15.4 Å². The molecule has 0 atom stereocenters. The fourth-order valence-corrected chi connectivity index (χ4v) is 4.75. The summed E-state index contributed by atoms with van der Waals surface area (Å²) >= 11 is 1.85. The maximum absolute atomic E-state index is 11.1. The van der Waals surface area contributed by atoms with Crippen LogP contribution in [-0.2, 0) is 20.0 Å². The average molecular weight is 402 g/mol. The molecular weight excluding hydrogens is 370 g/mol. The number of ether oxygens (including phenoxy) is 1. The first kappa shape index (κ1) is 21.2. The summed E-state index contributed by atoms with van der Waals surface area (Å²) < 4.78 is 27.5. The Labute approximate surface area is 161 Å². The highest BCUT2D eigenvalue weighted by molar-refractivity contribution is 7.90. The molecule has 1 aliphatic carbocycles. The molecular formula is C18H31N3O3S2. The van der Waals surface area contributed by atoms with Gasteiger partial charge in [0.15, 0.2) is 5.96 Å². The number of rotatable bonds is 9. The van der Waals surface area contributed by atoms with Crippen LogP contribution in [0.4, 0.5) is 0 Å². The van der Waals surface area contributed by atoms with Crippen molar-refractivity contribution in [2.75, 3.05) is 45.4 Å². The minimum Gasteiger partial charge on any atom is -0.379 e. The van der Waals surface area contributed by atoms with Crippen molar-refractivity contribution in [1.29, 1.82) is 0 Å². The lowest BCUT2D eigenvalue weighted by Crippen LogP contribution is -2.46. The van der Waals surface area contributed by atoms with E-state index in [-0.39, 0.29) is 17.8 Å². The third-order valence-electron chi connectivity index (χ3n) is 4.81. The van der Waals surface area contributed by atoms with Crippen molar-refractivity contribution < 1.29 is 13.2 Å². The average Bonchev–Trinajstić information content (AvgIpc) is 3.15. The van der Waals surface area contributed by atoms with E-state index < -0.39 is 9.84 Å². The van der Waals surface area contributed by atoms with Crippen molar-refractivity contribution in [3.63, 3.8) is 0 Å². The quantitative estimate of drug-likeness (QED) is 0.377. The summed E-state index contributed by atoms with van der Waals surface area (Å²) in [6.07, 6.45) is 7.53. The Bertz CT molecular complexity index is 651. The third kappa shape index (κ3) is 6.89. The highest BCUT2D eigenvalue weighted by Crippen LogP contribution is 2.41. The van der Waals surface area contributed by atoms with Gasteiger partial charge in [-0.2, -0.15) is 0 Å². The van der Waals surface area contributed by atoms with Crippen LogP contribution in [0.5, 0.6) is 0 Å². The zero-order valence-corrected chi connectivity index (χ0v) is 17.4. The number of sulfone groups is 1. The van der Waals surface area contributed by atoms with E-state index in [1.165, 1.54) is 43.2 Å². The lowest BCUT2D eigenvalue weighted by molar-refractivity contribution is 0.154. The second-order valence-electron chi connectivity index (χ2n) is 6.91. The van der Waals surface area contributed by atoms with Gasteiger partial charge in [0.2, 0.25) is 0 Å². The summed E-state index contributed by atoms with van der Waals surface area (Å²) in [6.45, 7) is 2.15. The SMILES string of the molecule is CN=C(NCCOCCS(C)(=O)=O)NCC1(c2cccs2)CCCCC1. The van der Waals surface area contributed by atoms with Gasteiger partial charge in [-0.3, -0.25) is 4.99 Å². The summed E-state index contributed by atoms with van der Waals surface area (Å²) in [6, 6.07) is 4.39. The third-order valence-corrected chi connectivity index (χ3v) is 6.83. The Morgan fingerprint density at radius 3 is 2.65 bits per heavy atom. The van der Waals surface area contributed by atoms with E-state index in [2.05, 4.69) is 33.1 Å². The van der Waals surface area contributed by atoms with E-state index >= 15 is 0 Å². The fourth-order valence-electron chi connectivity index (χ4n) is 3.35. The standard InChI is InChI=1S/C18H31N3O3S2/c1-19-17(20-10-11-24-12-14-26(2,22)23)21-15-18(8-4-3-5-9-18)16-7-6-13-25-16/h6-7,13H,3-5,8-12,14-15H2,1-2H3,(H2,19,20,21). The molecule has 2 N–H and O–H groups in total. The van der Waals surface area contributed by atoms with Crippen LogP contribution in [0.2, 0.25) is 0 Å². The summed E-state index contributed by atoms with van der Waals surface area (Å²) in [5, 5.41) is 8.87. The van der Waals surface area contributed by atoms with Gasteiger partial charge in [-0.15, -0.1) is 11.3 Å². The van der Waals surface area contributed by atoms with Crippen molar-refractivity contribution in [3.8, 4) is 0 Å². The molecule has 0 amide bonds. The van der Waals surface area contributed by atoms with Crippen LogP contribution in [0.25, 0.3) is 0 Å². The van der Waals surface area contributed by atoms with E-state index in [0.717, 1.165) is 12.5 Å². The molecule has 1 aromatic heterocycles. The smallest absolute Gasteiger partial charge is 0.191 e. The van der Waals surface area contributed by atoms with Crippen molar-refractivity contribution >= 4 is 27.1 Å². The van der Waals surface area contributed by atoms with Crippen molar-refractivity contribution in [1.82, 2.24) is 10.6 Å². The van der Waals surface area contributed by atoms with Gasteiger partial charge in [-0.05, 0) is 24.3 Å². The molecule has 0 bridgehead atoms. The Morgan fingerprint density at radius 1 is 1.27 bits per heavy atom. The number of thiophene rings is 1. The second-order valence-corrected chi connectivity index (χ2v) is 10.1. The molecule has 0 radical (unpaired) electrons. The van der Waals surface area contributed by atoms with Crippen LogP contribution in [0.3, 0.4) is 0 Å². The predicted molar refractivity (Wildman–Crippen MR) is 109 cm³/mol. The van der Waals surface area contributed by atoms with Gasteiger partial charge in [-0.25, -0.2) is 8.42 Å². The molecule has 1 aliphatic rings. The minimum absolute atomic E-state index is 0.0588. The van der Waals surface area contributed by atoms with Gasteiger partial charge in [-0.1, -0.05) is 25.3 Å². The Morgan fingerprint density at radius 2 is 2.04 bits per heavy atom. The monoisotopic (exact) mass is 401 g/mol. The van der Waals surface area contributed by atoms with Gasteiger partial charge in [0.05, 0.1) is 19.0 Å². The first-order valence-corrected chi connectivity index (χ1v) is 12.1. The predicted octanol–water partition coefficient (Wildman–Crippen LogP) is 2.18. The highest BCUT2D eigenvalue weighted by atomic mass is 32.2. The van der Waals surface area contributed by atoms with Crippen LogP contribution < -0.4 is 10.6 Å². The van der Waals surface area contributed by atoms with Crippen LogP contribution in [0.15, 0.2) is 22.5 Å². The maximum atomic E-state index is 11.1. The molecule has 26 heavy (non-hydrogen) atoms. The molecule has 148 valence electrons. The normalized spacial score (nSPS) is 17.8. The van der Waals surface area contributed by atoms with Crippen LogP contribution in [0.1, 0.15) is 37.0 Å². The zero-order chi connectivity index (χ0) is 18.9. The minimum atomic E-state index is -2.96. The summed E-state index contributed by atoms with van der Waals surface area (Å²) in [5.41, 5.74) is 0.204. The van der Waals surface area contributed by atoms with E-state index in [1.807, 2.05) is 11.3 Å². The zero-order valence-electron chi connectivity index (χ0n) is 15.8. The number of aliphatic imine (C=N–C) groups is 1. The Balaban J connectivity index is 1.76. The highest BCUT2D eigenvalue weighted by Gasteiger charge is 2.34. The number of nitrogens with zero attached hydrogens (tertiary/aromatic N) is 1. The molecule has 6 nitrogen and oxygen atoms in total. The molecule has 0 unspecified atom stereocenters. The van der Waals surface area contributed by atoms with Crippen molar-refractivity contribution in [2.45, 2.75) is 37.5 Å². The Kier molecular flexibility index (Phi) is 8.37. The summed E-state index contributed by atoms with van der Waals surface area (Å²) in [7, 11) is -1.20. The topological polar surface area (TPSA) is 79.8 Å². The summed E-state index contributed by atoms with van der Waals surface area (Å²) in [4.78, 5) is 5.75. The molecule has 1 saturated carbocycles. The fraction of sp³-hybridized carbons (Fsp3) is 0.722. The molecule has 8 heteroatoms. The molecule has 0 aromatic carbocycles. The molecule has 2 rings (SSSR count). The summed E-state index contributed by atoms with van der Waals surface area (Å²) in [5.74, 6) is 0.821. The number of nitrogens with one attached hydrogen (secondary N) is 2. The van der Waals surface area contributed by atoms with Crippen LogP contribution in [-0.4, -0.2) is 59.7 Å².